The van der Waals surface area contributed by atoms with E-state index in [0.717, 1.165) is 0 Å². The van der Waals surface area contributed by atoms with Crippen LogP contribution < -0.4 is 10.6 Å². The first kappa shape index (κ1) is 13.0. The summed E-state index contributed by atoms with van der Waals surface area (Å²) in [6, 6.07) is 6.90. The summed E-state index contributed by atoms with van der Waals surface area (Å²) in [5.74, 6) is -0.272. The zero-order valence-electron chi connectivity index (χ0n) is 10.0. The number of nitrogens with zero attached hydrogens (tertiary/aromatic N) is 1. The summed E-state index contributed by atoms with van der Waals surface area (Å²) >= 11 is 1.28. The Morgan fingerprint density at radius 1 is 1.32 bits per heavy atom. The zero-order valence-corrected chi connectivity index (χ0v) is 10.8. The third-order valence-electron chi connectivity index (χ3n) is 2.36. The fraction of sp³-hybridized carbons (Fsp3) is 0.0833. The molecule has 0 aliphatic heterocycles. The lowest BCUT2D eigenvalue weighted by molar-refractivity contribution is 0.0959. The highest BCUT2D eigenvalue weighted by molar-refractivity contribution is 7.13. The third-order valence-corrected chi connectivity index (χ3v) is 3.24. The van der Waals surface area contributed by atoms with Gasteiger partial charge in [-0.05, 0) is 12.1 Å². The Kier molecular flexibility index (Phi) is 3.76. The van der Waals surface area contributed by atoms with Gasteiger partial charge in [-0.3, -0.25) is 10.1 Å². The highest BCUT2D eigenvalue weighted by Gasteiger charge is 2.13. The molecule has 0 fully saturated rings. The fourth-order valence-electron chi connectivity index (χ4n) is 1.52. The molecule has 2 amide bonds. The van der Waals surface area contributed by atoms with Crippen molar-refractivity contribution in [1.82, 2.24) is 10.3 Å². The number of rotatable bonds is 3. The SMILES string of the molecule is CNC(=O)c1csc(-c2ccccc2NC(=O)O)n1. The third kappa shape index (κ3) is 2.89. The summed E-state index contributed by atoms with van der Waals surface area (Å²) in [6.07, 6.45) is -1.14. The number of nitrogens with one attached hydrogen (secondary N) is 2. The number of carbonyl (C=O) groups is 2. The topological polar surface area (TPSA) is 91.3 Å². The van der Waals surface area contributed by atoms with Crippen LogP contribution in [0.3, 0.4) is 0 Å². The van der Waals surface area contributed by atoms with Crippen molar-refractivity contribution in [1.29, 1.82) is 0 Å². The van der Waals surface area contributed by atoms with E-state index in [0.29, 0.717) is 22.0 Å². The number of para-hydroxylation sites is 1. The molecule has 0 unspecified atom stereocenters. The van der Waals surface area contributed by atoms with Crippen LogP contribution in [-0.4, -0.2) is 29.1 Å². The van der Waals surface area contributed by atoms with Crippen molar-refractivity contribution in [2.75, 3.05) is 12.4 Å². The molecular weight excluding hydrogens is 266 g/mol. The van der Waals surface area contributed by atoms with Gasteiger partial charge in [-0.15, -0.1) is 11.3 Å². The maximum Gasteiger partial charge on any atom is 0.409 e. The molecule has 19 heavy (non-hydrogen) atoms. The summed E-state index contributed by atoms with van der Waals surface area (Å²) in [4.78, 5) is 26.4. The predicted molar refractivity (Wildman–Crippen MR) is 72.6 cm³/mol. The van der Waals surface area contributed by atoms with E-state index in [9.17, 15) is 9.59 Å². The van der Waals surface area contributed by atoms with E-state index in [4.69, 9.17) is 5.11 Å². The number of aromatic nitrogens is 1. The van der Waals surface area contributed by atoms with E-state index < -0.39 is 6.09 Å². The summed E-state index contributed by atoms with van der Waals surface area (Å²) in [5, 5.41) is 15.8. The van der Waals surface area contributed by atoms with Crippen LogP contribution in [-0.2, 0) is 0 Å². The molecule has 0 aliphatic carbocycles. The van der Waals surface area contributed by atoms with Gasteiger partial charge in [-0.1, -0.05) is 12.1 Å². The van der Waals surface area contributed by atoms with Crippen LogP contribution in [0.25, 0.3) is 10.6 Å². The Labute approximate surface area is 113 Å². The molecule has 1 heterocycles. The Bertz CT molecular complexity index is 624. The Morgan fingerprint density at radius 3 is 2.74 bits per heavy atom. The van der Waals surface area contributed by atoms with E-state index in [2.05, 4.69) is 15.6 Å². The van der Waals surface area contributed by atoms with Gasteiger partial charge in [0.05, 0.1) is 5.69 Å². The van der Waals surface area contributed by atoms with Crippen molar-refractivity contribution in [2.45, 2.75) is 0 Å². The van der Waals surface area contributed by atoms with E-state index >= 15 is 0 Å². The predicted octanol–water partition coefficient (Wildman–Crippen LogP) is 2.26. The second kappa shape index (κ2) is 5.49. The summed E-state index contributed by atoms with van der Waals surface area (Å²) in [6.45, 7) is 0. The van der Waals surface area contributed by atoms with Crippen molar-refractivity contribution in [3.8, 4) is 10.6 Å². The lowest BCUT2D eigenvalue weighted by Gasteiger charge is -2.05. The first-order valence-corrected chi connectivity index (χ1v) is 6.26. The summed E-state index contributed by atoms with van der Waals surface area (Å²) in [7, 11) is 1.53. The lowest BCUT2D eigenvalue weighted by atomic mass is 10.2. The average Bonchev–Trinajstić information content (AvgIpc) is 2.87. The molecule has 0 atom stereocenters. The minimum absolute atomic E-state index is 0.272. The van der Waals surface area contributed by atoms with Crippen LogP contribution in [0.15, 0.2) is 29.6 Å². The van der Waals surface area contributed by atoms with E-state index in [-0.39, 0.29) is 5.91 Å². The minimum Gasteiger partial charge on any atom is -0.465 e. The molecule has 98 valence electrons. The van der Waals surface area contributed by atoms with Crippen molar-refractivity contribution in [3.05, 3.63) is 35.3 Å². The van der Waals surface area contributed by atoms with E-state index in [1.54, 1.807) is 29.6 Å². The van der Waals surface area contributed by atoms with Gasteiger partial charge in [-0.25, -0.2) is 9.78 Å². The van der Waals surface area contributed by atoms with Crippen LogP contribution >= 0.6 is 11.3 Å². The highest BCUT2D eigenvalue weighted by Crippen LogP contribution is 2.30. The van der Waals surface area contributed by atoms with Crippen molar-refractivity contribution in [2.24, 2.45) is 0 Å². The van der Waals surface area contributed by atoms with E-state index in [1.165, 1.54) is 18.4 Å². The van der Waals surface area contributed by atoms with E-state index in [1.807, 2.05) is 0 Å². The molecular formula is C12H11N3O3S. The highest BCUT2D eigenvalue weighted by atomic mass is 32.1. The van der Waals surface area contributed by atoms with Gasteiger partial charge >= 0.3 is 6.09 Å². The molecule has 0 spiro atoms. The Balaban J connectivity index is 2.38. The normalized spacial score (nSPS) is 9.95. The fourth-order valence-corrected chi connectivity index (χ4v) is 2.36. The molecule has 0 aliphatic rings. The smallest absolute Gasteiger partial charge is 0.409 e. The molecule has 2 aromatic rings. The largest absolute Gasteiger partial charge is 0.465 e. The minimum atomic E-state index is -1.14. The van der Waals surface area contributed by atoms with Crippen LogP contribution in [0, 0.1) is 0 Å². The number of thiazole rings is 1. The maximum absolute atomic E-state index is 11.4. The molecule has 1 aromatic heterocycles. The zero-order chi connectivity index (χ0) is 13.8. The second-order valence-electron chi connectivity index (χ2n) is 3.59. The molecule has 6 nitrogen and oxygen atoms in total. The number of benzene rings is 1. The molecule has 7 heteroatoms. The van der Waals surface area contributed by atoms with Gasteiger partial charge < -0.3 is 10.4 Å². The first-order valence-electron chi connectivity index (χ1n) is 5.38. The summed E-state index contributed by atoms with van der Waals surface area (Å²) < 4.78 is 0. The number of hydrogen-bond acceptors (Lipinski definition) is 4. The Hall–Kier alpha value is -2.41. The molecule has 0 saturated carbocycles. The molecule has 0 radical (unpaired) electrons. The van der Waals surface area contributed by atoms with Crippen molar-refractivity contribution < 1.29 is 14.7 Å². The average molecular weight is 277 g/mol. The number of amides is 2. The van der Waals surface area contributed by atoms with Gasteiger partial charge in [0.15, 0.2) is 0 Å². The van der Waals surface area contributed by atoms with Gasteiger partial charge in [0, 0.05) is 18.0 Å². The van der Waals surface area contributed by atoms with Crippen LogP contribution in [0.1, 0.15) is 10.5 Å². The number of anilines is 1. The van der Waals surface area contributed by atoms with Crippen LogP contribution in [0.4, 0.5) is 10.5 Å². The molecule has 0 bridgehead atoms. The van der Waals surface area contributed by atoms with Gasteiger partial charge in [0.1, 0.15) is 10.7 Å². The van der Waals surface area contributed by atoms with Gasteiger partial charge in [-0.2, -0.15) is 0 Å². The monoisotopic (exact) mass is 277 g/mol. The Morgan fingerprint density at radius 2 is 2.05 bits per heavy atom. The van der Waals surface area contributed by atoms with Crippen LogP contribution in [0.2, 0.25) is 0 Å². The maximum atomic E-state index is 11.4. The molecule has 2 rings (SSSR count). The molecule has 1 aromatic carbocycles. The van der Waals surface area contributed by atoms with Gasteiger partial charge in [0.25, 0.3) is 5.91 Å². The van der Waals surface area contributed by atoms with Gasteiger partial charge in [0.2, 0.25) is 0 Å². The summed E-state index contributed by atoms with van der Waals surface area (Å²) in [5.41, 5.74) is 1.39. The number of carboxylic acid groups (broad SMARTS) is 1. The quantitative estimate of drug-likeness (QED) is 0.802. The lowest BCUT2D eigenvalue weighted by Crippen LogP contribution is -2.17. The number of hydrogen-bond donors (Lipinski definition) is 3. The standard InChI is InChI=1S/C12H11N3O3S/c1-13-10(16)9-6-19-11(14-9)7-4-2-3-5-8(7)15-12(17)18/h2-6,15H,1H3,(H,13,16)(H,17,18). The van der Waals surface area contributed by atoms with Crippen molar-refractivity contribution in [3.63, 3.8) is 0 Å². The first-order chi connectivity index (χ1) is 9.11. The molecule has 0 saturated heterocycles. The van der Waals surface area contributed by atoms with Crippen molar-refractivity contribution >= 4 is 29.0 Å². The second-order valence-corrected chi connectivity index (χ2v) is 4.45. The molecule has 3 N–H and O–H groups in total. The number of carbonyl (C=O) groups excluding carboxylic acids is 1. The van der Waals surface area contributed by atoms with Crippen LogP contribution in [0.5, 0.6) is 0 Å².